The van der Waals surface area contributed by atoms with Crippen LogP contribution in [0.25, 0.3) is 11.1 Å². The molecule has 0 atom stereocenters. The fraction of sp³-hybridized carbons (Fsp3) is 0.174. The highest BCUT2D eigenvalue weighted by Crippen LogP contribution is 2.50. The first-order chi connectivity index (χ1) is 13.5. The van der Waals surface area contributed by atoms with Crippen LogP contribution >= 0.6 is 0 Å². The molecule has 142 valence electrons. The van der Waals surface area contributed by atoms with Crippen LogP contribution in [0.3, 0.4) is 0 Å². The van der Waals surface area contributed by atoms with E-state index in [1.165, 1.54) is 12.1 Å². The Morgan fingerprint density at radius 3 is 2.29 bits per heavy atom. The molecule has 0 saturated heterocycles. The van der Waals surface area contributed by atoms with Crippen LogP contribution in [0.2, 0.25) is 0 Å². The number of rotatable bonds is 5. The lowest BCUT2D eigenvalue weighted by Crippen LogP contribution is -2.27. The molecule has 5 nitrogen and oxygen atoms in total. The second kappa shape index (κ2) is 7.02. The van der Waals surface area contributed by atoms with Crippen LogP contribution in [0, 0.1) is 0 Å². The third-order valence-electron chi connectivity index (χ3n) is 5.30. The largest absolute Gasteiger partial charge is 0.504 e. The van der Waals surface area contributed by atoms with Gasteiger partial charge < -0.3 is 20.6 Å². The summed E-state index contributed by atoms with van der Waals surface area (Å²) in [6, 6.07) is 19.8. The Kier molecular flexibility index (Phi) is 4.53. The summed E-state index contributed by atoms with van der Waals surface area (Å²) in [5.41, 5.74) is 3.60. The Balaban J connectivity index is 1.51. The van der Waals surface area contributed by atoms with E-state index in [-0.39, 0.29) is 24.0 Å². The van der Waals surface area contributed by atoms with E-state index >= 15 is 0 Å². The van der Waals surface area contributed by atoms with Crippen LogP contribution in [0.5, 0.6) is 11.5 Å². The van der Waals surface area contributed by atoms with Gasteiger partial charge in [-0.2, -0.15) is 0 Å². The normalized spacial score (nSPS) is 14.5. The highest BCUT2D eigenvalue weighted by Gasteiger charge is 2.51. The molecular weight excluding hydrogens is 354 g/mol. The lowest BCUT2D eigenvalue weighted by molar-refractivity contribution is -0.118. The molecule has 4 N–H and O–H groups in total. The topological polar surface area (TPSA) is 89.8 Å². The van der Waals surface area contributed by atoms with E-state index in [4.69, 9.17) is 0 Å². The van der Waals surface area contributed by atoms with Gasteiger partial charge in [0.1, 0.15) is 0 Å². The monoisotopic (exact) mass is 375 g/mol. The third-order valence-corrected chi connectivity index (χ3v) is 5.30. The van der Waals surface area contributed by atoms with Gasteiger partial charge in [-0.05, 0) is 65.4 Å². The lowest BCUT2D eigenvalue weighted by atomic mass is 9.94. The summed E-state index contributed by atoms with van der Waals surface area (Å²) >= 11 is 0. The summed E-state index contributed by atoms with van der Waals surface area (Å²) in [5.74, 6) is -0.528. The van der Waals surface area contributed by atoms with Crippen LogP contribution in [0.15, 0.2) is 66.7 Å². The summed E-state index contributed by atoms with van der Waals surface area (Å²) < 4.78 is 0. The van der Waals surface area contributed by atoms with E-state index in [0.717, 1.165) is 16.7 Å². The summed E-state index contributed by atoms with van der Waals surface area (Å²) in [7, 11) is 0. The number of aliphatic hydroxyl groups excluding tert-OH is 1. The minimum Gasteiger partial charge on any atom is -0.504 e. The molecule has 0 unspecified atom stereocenters. The molecule has 4 rings (SSSR count). The van der Waals surface area contributed by atoms with Crippen molar-refractivity contribution in [2.24, 2.45) is 0 Å². The molecule has 1 amide bonds. The van der Waals surface area contributed by atoms with Gasteiger partial charge in [0, 0.05) is 5.69 Å². The highest BCUT2D eigenvalue weighted by atomic mass is 16.3. The average molecular weight is 375 g/mol. The number of aliphatic hydroxyl groups is 1. The fourth-order valence-electron chi connectivity index (χ4n) is 3.44. The number of hydrogen-bond acceptors (Lipinski definition) is 4. The van der Waals surface area contributed by atoms with Crippen molar-refractivity contribution in [1.29, 1.82) is 0 Å². The first-order valence-electron chi connectivity index (χ1n) is 9.16. The molecule has 3 aromatic carbocycles. The van der Waals surface area contributed by atoms with Crippen LogP contribution in [0.1, 0.15) is 24.0 Å². The Hall–Kier alpha value is -3.31. The maximum Gasteiger partial charge on any atom is 0.235 e. The van der Waals surface area contributed by atoms with Gasteiger partial charge in [0.2, 0.25) is 5.91 Å². The molecule has 0 heterocycles. The average Bonchev–Trinajstić information content (AvgIpc) is 3.53. The second-order valence-corrected chi connectivity index (χ2v) is 7.18. The Bertz CT molecular complexity index is 1020. The zero-order valence-electron chi connectivity index (χ0n) is 15.2. The molecule has 0 spiro atoms. The van der Waals surface area contributed by atoms with Gasteiger partial charge in [-0.3, -0.25) is 4.79 Å². The van der Waals surface area contributed by atoms with Crippen molar-refractivity contribution in [2.75, 3.05) is 5.32 Å². The van der Waals surface area contributed by atoms with Crippen molar-refractivity contribution < 1.29 is 20.1 Å². The highest BCUT2D eigenvalue weighted by molar-refractivity contribution is 6.01. The molecule has 5 heteroatoms. The molecule has 28 heavy (non-hydrogen) atoms. The third kappa shape index (κ3) is 3.32. The van der Waals surface area contributed by atoms with Crippen molar-refractivity contribution in [3.8, 4) is 22.6 Å². The molecular formula is C23H21NO4. The van der Waals surface area contributed by atoms with Crippen molar-refractivity contribution in [3.05, 3.63) is 77.9 Å². The number of hydrogen-bond donors (Lipinski definition) is 4. The quantitative estimate of drug-likeness (QED) is 0.509. The van der Waals surface area contributed by atoms with Crippen molar-refractivity contribution >= 4 is 11.6 Å². The van der Waals surface area contributed by atoms with Gasteiger partial charge in [0.05, 0.1) is 12.0 Å². The standard InChI is InChI=1S/C23H21NO4/c25-14-15-2-1-3-17(12-15)16-4-7-19(8-5-16)24-22(28)23(10-11-23)18-6-9-20(26)21(27)13-18/h1-9,12-13,25-27H,10-11,14H2,(H,24,28). The van der Waals surface area contributed by atoms with Gasteiger partial charge in [-0.15, -0.1) is 0 Å². The molecule has 0 bridgehead atoms. The number of phenols is 2. The second-order valence-electron chi connectivity index (χ2n) is 7.18. The van der Waals surface area contributed by atoms with E-state index < -0.39 is 5.41 Å². The lowest BCUT2D eigenvalue weighted by Gasteiger charge is -2.16. The van der Waals surface area contributed by atoms with Crippen molar-refractivity contribution in [3.63, 3.8) is 0 Å². The van der Waals surface area contributed by atoms with E-state index in [1.54, 1.807) is 6.07 Å². The van der Waals surface area contributed by atoms with Crippen LogP contribution in [-0.2, 0) is 16.8 Å². The predicted molar refractivity (Wildman–Crippen MR) is 107 cm³/mol. The number of benzene rings is 3. The van der Waals surface area contributed by atoms with Gasteiger partial charge >= 0.3 is 0 Å². The maximum absolute atomic E-state index is 12.8. The van der Waals surface area contributed by atoms with Gasteiger partial charge in [-0.1, -0.05) is 36.4 Å². The number of phenolic OH excluding ortho intramolecular Hbond substituents is 2. The summed E-state index contributed by atoms with van der Waals surface area (Å²) in [6.07, 6.45) is 1.41. The van der Waals surface area contributed by atoms with Crippen molar-refractivity contribution in [2.45, 2.75) is 24.9 Å². The minimum absolute atomic E-state index is 0.00310. The SMILES string of the molecule is O=C(Nc1ccc(-c2cccc(CO)c2)cc1)C1(c2ccc(O)c(O)c2)CC1. The van der Waals surface area contributed by atoms with Crippen molar-refractivity contribution in [1.82, 2.24) is 0 Å². The summed E-state index contributed by atoms with van der Waals surface area (Å²) in [5, 5.41) is 31.5. The Labute approximate surface area is 162 Å². The van der Waals surface area contributed by atoms with E-state index in [0.29, 0.717) is 24.1 Å². The molecule has 1 aliphatic carbocycles. The van der Waals surface area contributed by atoms with E-state index in [1.807, 2.05) is 48.5 Å². The predicted octanol–water partition coefficient (Wildman–Crippen LogP) is 3.93. The van der Waals surface area contributed by atoms with Gasteiger partial charge in [0.25, 0.3) is 0 Å². The fourth-order valence-corrected chi connectivity index (χ4v) is 3.44. The van der Waals surface area contributed by atoms with Gasteiger partial charge in [-0.25, -0.2) is 0 Å². The molecule has 1 saturated carbocycles. The number of carbonyl (C=O) groups excluding carboxylic acids is 1. The zero-order chi connectivity index (χ0) is 19.7. The zero-order valence-corrected chi connectivity index (χ0v) is 15.2. The number of aromatic hydroxyl groups is 2. The summed E-state index contributed by atoms with van der Waals surface area (Å²) in [6.45, 7) is -0.00310. The molecule has 1 fully saturated rings. The van der Waals surface area contributed by atoms with E-state index in [9.17, 15) is 20.1 Å². The van der Waals surface area contributed by atoms with Crippen LogP contribution in [0.4, 0.5) is 5.69 Å². The Morgan fingerprint density at radius 2 is 1.64 bits per heavy atom. The van der Waals surface area contributed by atoms with Gasteiger partial charge in [0.15, 0.2) is 11.5 Å². The van der Waals surface area contributed by atoms with Crippen LogP contribution < -0.4 is 5.32 Å². The molecule has 3 aromatic rings. The summed E-state index contributed by atoms with van der Waals surface area (Å²) in [4.78, 5) is 12.8. The number of anilines is 1. The Morgan fingerprint density at radius 1 is 0.893 bits per heavy atom. The number of carbonyl (C=O) groups is 1. The van der Waals surface area contributed by atoms with E-state index in [2.05, 4.69) is 5.32 Å². The van der Waals surface area contributed by atoms with Crippen LogP contribution in [-0.4, -0.2) is 21.2 Å². The molecule has 0 aliphatic heterocycles. The minimum atomic E-state index is -0.653. The number of nitrogens with one attached hydrogen (secondary N) is 1. The first kappa shape index (κ1) is 18.1. The molecule has 0 aromatic heterocycles. The smallest absolute Gasteiger partial charge is 0.235 e. The molecule has 0 radical (unpaired) electrons. The maximum atomic E-state index is 12.8. The number of amides is 1. The molecule has 1 aliphatic rings. The first-order valence-corrected chi connectivity index (χ1v) is 9.16.